The summed E-state index contributed by atoms with van der Waals surface area (Å²) in [5.41, 5.74) is 0.967. The van der Waals surface area contributed by atoms with Crippen molar-refractivity contribution in [2.75, 3.05) is 31.1 Å². The fourth-order valence-electron chi connectivity index (χ4n) is 4.53. The lowest BCUT2D eigenvalue weighted by Gasteiger charge is -2.42. The number of piperidine rings is 1. The number of hydrogen-bond acceptors (Lipinski definition) is 6. The zero-order chi connectivity index (χ0) is 16.1. The Hall–Kier alpha value is -1.24. The molecule has 0 saturated carbocycles. The van der Waals surface area contributed by atoms with Crippen LogP contribution in [0.5, 0.6) is 0 Å². The van der Waals surface area contributed by atoms with Crippen molar-refractivity contribution in [2.24, 2.45) is 0 Å². The molecular formula is C18H23N3O2S. The number of ether oxygens (including phenoxy) is 1. The number of carbonyl (C=O) groups is 1. The predicted molar refractivity (Wildman–Crippen MR) is 94.0 cm³/mol. The molecule has 0 aromatic carbocycles. The lowest BCUT2D eigenvalue weighted by Crippen LogP contribution is -2.51. The van der Waals surface area contributed by atoms with E-state index in [0.29, 0.717) is 18.2 Å². The largest absolute Gasteiger partial charge is 0.372 e. The zero-order valence-electron chi connectivity index (χ0n) is 13.8. The van der Waals surface area contributed by atoms with Crippen molar-refractivity contribution in [3.8, 4) is 0 Å². The van der Waals surface area contributed by atoms with Gasteiger partial charge in [-0.25, -0.2) is 4.98 Å². The summed E-state index contributed by atoms with van der Waals surface area (Å²) in [5.74, 6) is 0.124. The second kappa shape index (κ2) is 5.93. The van der Waals surface area contributed by atoms with Gasteiger partial charge in [0.25, 0.3) is 0 Å². The Kier molecular flexibility index (Phi) is 3.72. The van der Waals surface area contributed by atoms with E-state index in [1.807, 2.05) is 6.08 Å². The molecule has 4 heterocycles. The maximum atomic E-state index is 12.0. The minimum Gasteiger partial charge on any atom is -0.372 e. The van der Waals surface area contributed by atoms with Crippen LogP contribution in [0.3, 0.4) is 0 Å². The molecule has 4 aliphatic rings. The highest BCUT2D eigenvalue weighted by atomic mass is 32.1. The molecule has 2 bridgehead atoms. The summed E-state index contributed by atoms with van der Waals surface area (Å²) in [6, 6.07) is 0.686. The molecule has 3 saturated heterocycles. The van der Waals surface area contributed by atoms with E-state index in [1.54, 1.807) is 17.4 Å². The van der Waals surface area contributed by atoms with Gasteiger partial charge >= 0.3 is 0 Å². The maximum Gasteiger partial charge on any atom is 0.197 e. The molecule has 0 amide bonds. The van der Waals surface area contributed by atoms with Gasteiger partial charge in [-0.3, -0.25) is 9.69 Å². The average Bonchev–Trinajstić information content (AvgIpc) is 3.19. The van der Waals surface area contributed by atoms with E-state index in [-0.39, 0.29) is 5.78 Å². The van der Waals surface area contributed by atoms with Crippen LogP contribution in [-0.2, 0) is 11.2 Å². The van der Waals surface area contributed by atoms with Crippen LogP contribution in [0.25, 0.3) is 0 Å². The monoisotopic (exact) mass is 345 g/mol. The molecule has 24 heavy (non-hydrogen) atoms. The number of likely N-dealkylation sites (tertiary alicyclic amines) is 1. The van der Waals surface area contributed by atoms with Crippen LogP contribution in [0.1, 0.15) is 41.0 Å². The Morgan fingerprint density at radius 2 is 1.88 bits per heavy atom. The lowest BCUT2D eigenvalue weighted by atomic mass is 10.0. The summed E-state index contributed by atoms with van der Waals surface area (Å²) in [6.45, 7) is 4.33. The minimum atomic E-state index is 0.124. The third-order valence-corrected chi connectivity index (χ3v) is 6.99. The molecule has 1 aromatic heterocycles. The van der Waals surface area contributed by atoms with Crippen molar-refractivity contribution in [2.45, 2.75) is 50.4 Å². The van der Waals surface area contributed by atoms with E-state index >= 15 is 0 Å². The highest BCUT2D eigenvalue weighted by Gasteiger charge is 2.37. The van der Waals surface area contributed by atoms with Gasteiger partial charge in [-0.1, -0.05) is 17.4 Å². The van der Waals surface area contributed by atoms with Crippen molar-refractivity contribution < 1.29 is 9.53 Å². The number of thiazole rings is 1. The Bertz CT molecular complexity index is 666. The van der Waals surface area contributed by atoms with Crippen LogP contribution in [-0.4, -0.2) is 60.1 Å². The summed E-state index contributed by atoms with van der Waals surface area (Å²) in [4.78, 5) is 22.6. The summed E-state index contributed by atoms with van der Waals surface area (Å²) in [6.07, 6.45) is 10.2. The SMILES string of the molecule is O=C1C=CCc2nc(N3CCC(N4CC5CCC(C4)O5)CC3)sc21. The number of carbonyl (C=O) groups excluding carboxylic acids is 1. The molecule has 5 nitrogen and oxygen atoms in total. The average molecular weight is 345 g/mol. The highest BCUT2D eigenvalue weighted by Crippen LogP contribution is 2.33. The number of morpholine rings is 1. The normalized spacial score (nSPS) is 30.8. The number of ketones is 1. The Morgan fingerprint density at radius 1 is 1.12 bits per heavy atom. The van der Waals surface area contributed by atoms with E-state index in [2.05, 4.69) is 9.80 Å². The van der Waals surface area contributed by atoms with Crippen molar-refractivity contribution in [3.05, 3.63) is 22.7 Å². The van der Waals surface area contributed by atoms with Crippen LogP contribution in [0, 0.1) is 0 Å². The molecule has 3 fully saturated rings. The van der Waals surface area contributed by atoms with Crippen LogP contribution in [0.4, 0.5) is 5.13 Å². The fraction of sp³-hybridized carbons (Fsp3) is 0.667. The van der Waals surface area contributed by atoms with Gasteiger partial charge in [-0.05, 0) is 31.8 Å². The van der Waals surface area contributed by atoms with Gasteiger partial charge in [0.05, 0.1) is 22.8 Å². The van der Waals surface area contributed by atoms with Gasteiger partial charge in [0, 0.05) is 38.6 Å². The van der Waals surface area contributed by atoms with Crippen LogP contribution in [0.2, 0.25) is 0 Å². The standard InChI is InChI=1S/C18H23N3O2S/c22-16-3-1-2-15-17(16)24-18(19-15)20-8-6-12(7-9-20)21-10-13-4-5-14(11-21)23-13/h1,3,12-14H,2,4-11H2. The fourth-order valence-corrected chi connectivity index (χ4v) is 5.59. The minimum absolute atomic E-state index is 0.124. The summed E-state index contributed by atoms with van der Waals surface area (Å²) < 4.78 is 5.97. The molecule has 128 valence electrons. The number of hydrogen-bond donors (Lipinski definition) is 0. The van der Waals surface area contributed by atoms with Crippen LogP contribution < -0.4 is 4.90 Å². The van der Waals surface area contributed by atoms with Gasteiger partial charge in [0.15, 0.2) is 10.9 Å². The summed E-state index contributed by atoms with van der Waals surface area (Å²) >= 11 is 1.58. The lowest BCUT2D eigenvalue weighted by molar-refractivity contribution is -0.0556. The number of aromatic nitrogens is 1. The molecule has 2 unspecified atom stereocenters. The van der Waals surface area contributed by atoms with E-state index < -0.39 is 0 Å². The van der Waals surface area contributed by atoms with E-state index in [1.165, 1.54) is 25.7 Å². The number of anilines is 1. The zero-order valence-corrected chi connectivity index (χ0v) is 14.6. The van der Waals surface area contributed by atoms with Gasteiger partial charge in [0.1, 0.15) is 0 Å². The molecule has 0 radical (unpaired) electrons. The van der Waals surface area contributed by atoms with Gasteiger partial charge in [0.2, 0.25) is 0 Å². The van der Waals surface area contributed by atoms with E-state index in [4.69, 9.17) is 9.72 Å². The van der Waals surface area contributed by atoms with E-state index in [9.17, 15) is 4.79 Å². The third-order valence-electron chi connectivity index (χ3n) is 5.81. The molecule has 6 heteroatoms. The number of nitrogens with zero attached hydrogens (tertiary/aromatic N) is 3. The molecule has 2 atom stereocenters. The molecule has 1 aromatic rings. The Morgan fingerprint density at radius 3 is 2.58 bits per heavy atom. The number of allylic oxidation sites excluding steroid dienone is 2. The first kappa shape index (κ1) is 15.0. The first-order valence-corrected chi connectivity index (χ1v) is 9.93. The first-order chi connectivity index (χ1) is 11.8. The smallest absolute Gasteiger partial charge is 0.197 e. The second-order valence-electron chi connectivity index (χ2n) is 7.37. The van der Waals surface area contributed by atoms with Crippen molar-refractivity contribution in [3.63, 3.8) is 0 Å². The van der Waals surface area contributed by atoms with E-state index in [0.717, 1.165) is 48.3 Å². The molecular weight excluding hydrogens is 322 g/mol. The topological polar surface area (TPSA) is 45.7 Å². The molecule has 5 rings (SSSR count). The van der Waals surface area contributed by atoms with Gasteiger partial charge in [-0.2, -0.15) is 0 Å². The quantitative estimate of drug-likeness (QED) is 0.823. The number of rotatable bonds is 2. The Balaban J connectivity index is 1.23. The molecule has 3 aliphatic heterocycles. The first-order valence-electron chi connectivity index (χ1n) is 9.11. The second-order valence-corrected chi connectivity index (χ2v) is 8.35. The molecule has 0 spiro atoms. The molecule has 0 N–H and O–H groups in total. The predicted octanol–water partition coefficient (Wildman–Crippen LogP) is 2.27. The van der Waals surface area contributed by atoms with Crippen LogP contribution >= 0.6 is 11.3 Å². The Labute approximate surface area is 146 Å². The maximum absolute atomic E-state index is 12.0. The van der Waals surface area contributed by atoms with Crippen molar-refractivity contribution >= 4 is 22.3 Å². The van der Waals surface area contributed by atoms with Crippen molar-refractivity contribution in [1.29, 1.82) is 0 Å². The van der Waals surface area contributed by atoms with Crippen LogP contribution in [0.15, 0.2) is 12.2 Å². The van der Waals surface area contributed by atoms with Gasteiger partial charge in [-0.15, -0.1) is 0 Å². The van der Waals surface area contributed by atoms with Gasteiger partial charge < -0.3 is 9.64 Å². The highest BCUT2D eigenvalue weighted by molar-refractivity contribution is 7.17. The summed E-state index contributed by atoms with van der Waals surface area (Å²) in [5, 5.41) is 1.04. The number of fused-ring (bicyclic) bond motifs is 3. The summed E-state index contributed by atoms with van der Waals surface area (Å²) in [7, 11) is 0. The van der Waals surface area contributed by atoms with Crippen molar-refractivity contribution in [1.82, 2.24) is 9.88 Å². The third kappa shape index (κ3) is 2.61. The molecule has 1 aliphatic carbocycles.